The number of nitro benzene ring substituents is 4. The Morgan fingerprint density at radius 2 is 0.523 bits per heavy atom. The van der Waals surface area contributed by atoms with E-state index in [2.05, 4.69) is 0 Å². The van der Waals surface area contributed by atoms with Gasteiger partial charge in [0.15, 0.2) is 0 Å². The summed E-state index contributed by atoms with van der Waals surface area (Å²) in [7, 11) is 8.95. The summed E-state index contributed by atoms with van der Waals surface area (Å²) >= 11 is 0. The fourth-order valence-electron chi connectivity index (χ4n) is 16.2. The van der Waals surface area contributed by atoms with Crippen LogP contribution in [-0.4, -0.2) is 136 Å². The Balaban J connectivity index is 0.0000111. The van der Waals surface area contributed by atoms with E-state index in [9.17, 15) is 78.8 Å². The van der Waals surface area contributed by atoms with Crippen molar-refractivity contribution >= 4 is 104 Å². The zero-order valence-electron chi connectivity index (χ0n) is 59.2. The van der Waals surface area contributed by atoms with Crippen molar-refractivity contribution in [3.63, 3.8) is 0 Å². The number of esters is 8. The number of nitro groups is 4. The van der Waals surface area contributed by atoms with Gasteiger partial charge in [-0.2, -0.15) is 0 Å². The molecule has 1 radical (unpaired) electrons. The van der Waals surface area contributed by atoms with Crippen molar-refractivity contribution in [1.82, 2.24) is 9.97 Å². The number of hydrogen-bond acceptors (Lipinski definition) is 26. The predicted molar refractivity (Wildman–Crippen MR) is 374 cm³/mol. The Bertz CT molecular complexity index is 4990. The molecule has 32 nitrogen and oxygen atoms in total. The van der Waals surface area contributed by atoms with Gasteiger partial charge in [0.2, 0.25) is 0 Å². The van der Waals surface area contributed by atoms with Gasteiger partial charge in [-0.25, -0.2) is 9.98 Å². The van der Waals surface area contributed by atoms with Crippen LogP contribution in [0.3, 0.4) is 0 Å². The average molecular weight is 1540 g/mol. The second-order valence-electron chi connectivity index (χ2n) is 26.5. The molecule has 2 aromatic heterocycles. The minimum atomic E-state index is -1.37. The molecule has 6 aromatic rings. The van der Waals surface area contributed by atoms with Gasteiger partial charge >= 0.3 is 64.8 Å². The number of benzene rings is 4. The van der Waals surface area contributed by atoms with Crippen LogP contribution in [0.2, 0.25) is 0 Å². The topological polar surface area (TPSA) is 436 Å². The second-order valence-corrected chi connectivity index (χ2v) is 26.5. The third-order valence-corrected chi connectivity index (χ3v) is 21.4. The molecule has 0 fully saturated rings. The Morgan fingerprint density at radius 1 is 0.312 bits per heavy atom. The zero-order chi connectivity index (χ0) is 77.2. The summed E-state index contributed by atoms with van der Waals surface area (Å²) < 4.78 is 43.5. The summed E-state index contributed by atoms with van der Waals surface area (Å²) in [4.78, 5) is 187. The van der Waals surface area contributed by atoms with Crippen molar-refractivity contribution in [2.75, 3.05) is 56.9 Å². The van der Waals surface area contributed by atoms with Crippen molar-refractivity contribution in [3.05, 3.63) is 238 Å². The third kappa shape index (κ3) is 13.2. The maximum Gasteiger partial charge on any atom is 2.00 e. The smallest absolute Gasteiger partial charge is 0.656 e. The molecule has 2 aliphatic heterocycles. The van der Waals surface area contributed by atoms with Crippen LogP contribution in [0.1, 0.15) is 81.6 Å². The molecule has 8 atom stereocenters. The molecule has 4 heterocycles. The Labute approximate surface area is 627 Å². The number of non-ortho nitro benzene ring substituents is 4. The van der Waals surface area contributed by atoms with Gasteiger partial charge in [-0.15, -0.1) is 22.1 Å². The average Bonchev–Trinajstić information content (AvgIpc) is 1.56. The molecule has 0 spiro atoms. The summed E-state index contributed by atoms with van der Waals surface area (Å²) in [5.74, 6) is -18.0. The van der Waals surface area contributed by atoms with E-state index >= 15 is 0 Å². The van der Waals surface area contributed by atoms with Crippen LogP contribution in [-0.2, 0) is 119 Å². The molecule has 13 rings (SSSR count). The van der Waals surface area contributed by atoms with E-state index in [1.54, 1.807) is 0 Å². The molecule has 109 heavy (non-hydrogen) atoms. The molecule has 0 amide bonds. The van der Waals surface area contributed by atoms with E-state index < -0.39 is 166 Å². The number of allylic oxidation sites excluding steroid dienone is 4. The number of carbonyl (C=O) groups is 8. The summed E-state index contributed by atoms with van der Waals surface area (Å²) in [5.41, 5.74) is 0.549. The summed E-state index contributed by atoms with van der Waals surface area (Å²) in [6, 6.07) is 20.8. The van der Waals surface area contributed by atoms with Gasteiger partial charge in [0.05, 0.1) is 147 Å². The standard InChI is InChI=1S/C76H64N8O24.Cu/c1-101-69(85)49-25-41-42(26-50(49)70(86)102-2)62-58(34-11-19-38(20-12-34)82(95)96)64-45-29-53(73(89)105-5)54(74(90)106-6)30-46(45)66(79-64)60(36-15-23-40(24-16-36)84(99)100)68-48-32-56(76(92)108-8)55(75(91)107-7)31-47(48)67(80-68)59(35-13-21-39(22-14-35)83(97)98)65-44-28-52(72(88)104-4)51(71(87)103-3)27-43(44)63(78-65)57(61(41)77-62)33-9-17-37(18-10-33)81(93)94;/h9-24,49-56H,25-32H2,1-8H3;/q-2;+2. The minimum Gasteiger partial charge on any atom is -0.656 e. The van der Waals surface area contributed by atoms with Crippen LogP contribution in [0, 0.1) is 87.8 Å². The maximum absolute atomic E-state index is 14.6. The van der Waals surface area contributed by atoms with Crippen molar-refractivity contribution in [1.29, 1.82) is 0 Å². The first-order valence-corrected chi connectivity index (χ1v) is 33.7. The number of carbonyl (C=O) groups excluding carboxylic acids is 8. The normalized spacial score (nSPS) is 21.0. The third-order valence-electron chi connectivity index (χ3n) is 21.4. The predicted octanol–water partition coefficient (Wildman–Crippen LogP) is 6.46. The molecule has 4 aromatic carbocycles. The van der Waals surface area contributed by atoms with Crippen molar-refractivity contribution in [2.24, 2.45) is 57.3 Å². The molecule has 8 unspecified atom stereocenters. The summed E-state index contributed by atoms with van der Waals surface area (Å²) in [6.45, 7) is 0. The molecular formula is C76H64CuN8O24. The summed E-state index contributed by atoms with van der Waals surface area (Å²) in [5, 5.41) is 50.7. The van der Waals surface area contributed by atoms with Gasteiger partial charge < -0.3 is 47.9 Å². The first kappa shape index (κ1) is 76.0. The van der Waals surface area contributed by atoms with Crippen LogP contribution < -0.4 is 20.7 Å². The Kier molecular flexibility index (Phi) is 21.1. The number of rotatable bonds is 16. The van der Waals surface area contributed by atoms with Gasteiger partial charge in [-0.3, -0.25) is 78.8 Å². The first-order valence-electron chi connectivity index (χ1n) is 33.7. The van der Waals surface area contributed by atoms with Crippen molar-refractivity contribution < 1.29 is 113 Å². The quantitative estimate of drug-likeness (QED) is 0.0329. The number of methoxy groups -OCH3 is 8. The van der Waals surface area contributed by atoms with E-state index in [0.717, 1.165) is 56.9 Å². The fourth-order valence-corrected chi connectivity index (χ4v) is 16.2. The largest absolute Gasteiger partial charge is 2.00 e. The second kappa shape index (κ2) is 30.3. The Hall–Kier alpha value is -12.6. The molecule has 5 aliphatic carbocycles. The number of aliphatic imine (C=N–C) groups is 2. The summed E-state index contributed by atoms with van der Waals surface area (Å²) in [6.07, 6.45) is -3.22. The molecular weight excluding hydrogens is 1470 g/mol. The van der Waals surface area contributed by atoms with E-state index in [0.29, 0.717) is 0 Å². The van der Waals surface area contributed by atoms with E-state index in [1.165, 1.54) is 97.1 Å². The monoisotopic (exact) mass is 1540 g/mol. The molecule has 7 aliphatic rings. The van der Waals surface area contributed by atoms with Gasteiger partial charge in [0, 0.05) is 48.5 Å². The number of aromatic nitrogens is 2. The molecule has 563 valence electrons. The van der Waals surface area contributed by atoms with Crippen LogP contribution in [0.25, 0.3) is 22.3 Å². The first-order chi connectivity index (χ1) is 51.8. The maximum atomic E-state index is 14.6. The van der Waals surface area contributed by atoms with E-state index in [-0.39, 0.29) is 174 Å². The number of nitrogens with zero attached hydrogens (tertiary/aromatic N) is 8. The van der Waals surface area contributed by atoms with Crippen LogP contribution in [0.4, 0.5) is 22.7 Å². The number of hydrogen-bond donors (Lipinski definition) is 0. The Morgan fingerprint density at radius 3 is 0.752 bits per heavy atom. The van der Waals surface area contributed by atoms with Gasteiger partial charge in [0.1, 0.15) is 0 Å². The van der Waals surface area contributed by atoms with Crippen molar-refractivity contribution in [2.45, 2.75) is 51.4 Å². The van der Waals surface area contributed by atoms with Crippen LogP contribution in [0.5, 0.6) is 0 Å². The molecule has 0 saturated carbocycles. The van der Waals surface area contributed by atoms with Gasteiger partial charge in [-0.1, -0.05) is 22.3 Å². The van der Waals surface area contributed by atoms with E-state index in [1.807, 2.05) is 0 Å². The van der Waals surface area contributed by atoms with E-state index in [4.69, 9.17) is 57.8 Å². The molecule has 0 saturated heterocycles. The molecule has 33 heteroatoms. The fraction of sp³-hybridized carbons (Fsp3) is 0.316. The van der Waals surface area contributed by atoms with Crippen molar-refractivity contribution in [3.8, 4) is 0 Å². The van der Waals surface area contributed by atoms with Gasteiger partial charge in [0.25, 0.3) is 22.7 Å². The zero-order valence-corrected chi connectivity index (χ0v) is 60.1. The minimum absolute atomic E-state index is 0. The van der Waals surface area contributed by atoms with Crippen LogP contribution in [0.15, 0.2) is 141 Å². The number of ether oxygens (including phenoxy) is 8. The molecule has 0 N–H and O–H groups in total. The van der Waals surface area contributed by atoms with Crippen LogP contribution >= 0.6 is 0 Å². The van der Waals surface area contributed by atoms with Gasteiger partial charge in [-0.05, 0) is 167 Å². The molecule has 8 bridgehead atoms. The SMILES string of the molecule is COC(=O)C1CC2=C(CC1C(=O)OC)C1=C(c3ccc([N+](=O)[O-])cc3)c3[n-]c(c4c3CC(C(=O)OC)C(C(=O)OC)C4)C(c3ccc([N+](=O)[O-])cc3)=C3N=C(C4=C3CC(C(=O)OC)C(C(=O)OC)C4)C(c3ccc([N+](=O)[O-])cc3)=c3[n-]c(c4c3CC(C(=O)OC)C(C(=O)OC)C4)=C(c3ccc([N+](=O)[O-])cc3)C2=N1.[Cu+2].